The zero-order valence-electron chi connectivity index (χ0n) is 19.6. The van der Waals surface area contributed by atoms with E-state index >= 15 is 4.39 Å². The van der Waals surface area contributed by atoms with Crippen LogP contribution in [-0.2, 0) is 4.74 Å². The fourth-order valence-corrected chi connectivity index (χ4v) is 4.52. The molecule has 2 unspecified atom stereocenters. The molecule has 0 bridgehead atoms. The quantitative estimate of drug-likeness (QED) is 0.237. The van der Waals surface area contributed by atoms with Crippen LogP contribution in [0.25, 0.3) is 22.3 Å². The number of ether oxygens (including phenoxy) is 2. The van der Waals surface area contributed by atoms with Gasteiger partial charge in [0.15, 0.2) is 23.2 Å². The Morgan fingerprint density at radius 2 is 1.49 bits per heavy atom. The minimum Gasteiger partial charge on any atom is -0.491 e. The molecule has 6 heteroatoms. The number of hydrogen-bond donors (Lipinski definition) is 0. The molecule has 35 heavy (non-hydrogen) atoms. The monoisotopic (exact) mass is 484 g/mol. The first-order valence-electron chi connectivity index (χ1n) is 11.9. The van der Waals surface area contributed by atoms with Gasteiger partial charge in [-0.2, -0.15) is 4.39 Å². The minimum absolute atomic E-state index is 0.0500. The van der Waals surface area contributed by atoms with Crippen LogP contribution in [0, 0.1) is 23.3 Å². The Morgan fingerprint density at radius 3 is 2.11 bits per heavy atom. The Bertz CT molecular complexity index is 1180. The lowest BCUT2D eigenvalue weighted by Crippen LogP contribution is -2.24. The molecule has 1 saturated heterocycles. The maximum Gasteiger partial charge on any atom is 0.201 e. The molecule has 1 fully saturated rings. The molecule has 2 atom stereocenters. The van der Waals surface area contributed by atoms with E-state index in [1.165, 1.54) is 24.3 Å². The van der Waals surface area contributed by atoms with Crippen LogP contribution in [0.4, 0.5) is 17.6 Å². The van der Waals surface area contributed by atoms with Gasteiger partial charge in [0.25, 0.3) is 0 Å². The minimum atomic E-state index is -1.28. The summed E-state index contributed by atoms with van der Waals surface area (Å²) in [6, 6.07) is 12.3. The summed E-state index contributed by atoms with van der Waals surface area (Å²) in [7, 11) is 0. The largest absolute Gasteiger partial charge is 0.491 e. The van der Waals surface area contributed by atoms with Crippen molar-refractivity contribution in [1.82, 2.24) is 0 Å². The highest BCUT2D eigenvalue weighted by atomic mass is 19.2. The van der Waals surface area contributed by atoms with E-state index in [2.05, 4.69) is 6.58 Å². The molecule has 0 amide bonds. The van der Waals surface area contributed by atoms with Gasteiger partial charge < -0.3 is 9.47 Å². The van der Waals surface area contributed by atoms with Gasteiger partial charge in [0, 0.05) is 22.6 Å². The zero-order valence-corrected chi connectivity index (χ0v) is 19.6. The topological polar surface area (TPSA) is 18.5 Å². The standard InChI is InChI=1S/C29H28F4O2/c1-3-5-6-21-12-11-20(17-35-21)18-7-9-19(10-8-18)22-13-14-23(27(31)26(22)30)24-15-16-25(34-4-2)29(33)28(24)32/h3,7-10,13-16,20-21H,1,4-6,11-12,17H2,2H3. The average Bonchev–Trinajstić information content (AvgIpc) is 2.88. The van der Waals surface area contributed by atoms with E-state index < -0.39 is 23.3 Å². The molecule has 0 N–H and O–H groups in total. The van der Waals surface area contributed by atoms with Gasteiger partial charge in [0.1, 0.15) is 0 Å². The number of hydrogen-bond acceptors (Lipinski definition) is 2. The second-order valence-electron chi connectivity index (χ2n) is 8.68. The van der Waals surface area contributed by atoms with Crippen molar-refractivity contribution >= 4 is 0 Å². The number of rotatable bonds is 8. The predicted molar refractivity (Wildman–Crippen MR) is 129 cm³/mol. The second-order valence-corrected chi connectivity index (χ2v) is 8.68. The first-order chi connectivity index (χ1) is 16.9. The van der Waals surface area contributed by atoms with E-state index in [1.54, 1.807) is 19.1 Å². The van der Waals surface area contributed by atoms with E-state index in [9.17, 15) is 13.2 Å². The Hall–Kier alpha value is -3.12. The van der Waals surface area contributed by atoms with Crippen molar-refractivity contribution in [1.29, 1.82) is 0 Å². The van der Waals surface area contributed by atoms with Crippen LogP contribution in [0.1, 0.15) is 44.1 Å². The molecule has 3 aromatic carbocycles. The van der Waals surface area contributed by atoms with Crippen molar-refractivity contribution in [3.63, 3.8) is 0 Å². The van der Waals surface area contributed by atoms with Crippen molar-refractivity contribution in [3.8, 4) is 28.0 Å². The summed E-state index contributed by atoms with van der Waals surface area (Å²) in [6.45, 7) is 6.16. The van der Waals surface area contributed by atoms with Crippen LogP contribution in [-0.4, -0.2) is 19.3 Å². The van der Waals surface area contributed by atoms with Crippen molar-refractivity contribution in [2.75, 3.05) is 13.2 Å². The van der Waals surface area contributed by atoms with Gasteiger partial charge in [-0.05, 0) is 55.9 Å². The fourth-order valence-electron chi connectivity index (χ4n) is 4.52. The maximum atomic E-state index is 15.0. The fraction of sp³-hybridized carbons (Fsp3) is 0.310. The third-order valence-corrected chi connectivity index (χ3v) is 6.48. The molecule has 0 saturated carbocycles. The molecule has 0 aliphatic carbocycles. The first-order valence-corrected chi connectivity index (χ1v) is 11.9. The summed E-state index contributed by atoms with van der Waals surface area (Å²) in [5.41, 5.74) is 0.908. The summed E-state index contributed by atoms with van der Waals surface area (Å²) >= 11 is 0. The smallest absolute Gasteiger partial charge is 0.201 e. The SMILES string of the molecule is C=CCCC1CCC(c2ccc(-c3ccc(-c4ccc(OCC)c(F)c4F)c(F)c3F)cc2)CO1. The second kappa shape index (κ2) is 11.1. The molecular weight excluding hydrogens is 456 g/mol. The Labute approximate surface area is 203 Å². The summed E-state index contributed by atoms with van der Waals surface area (Å²) in [6.07, 6.45) is 6.05. The molecule has 0 radical (unpaired) electrons. The Morgan fingerprint density at radius 1 is 0.857 bits per heavy atom. The van der Waals surface area contributed by atoms with Crippen molar-refractivity contribution in [3.05, 3.63) is 90.0 Å². The summed E-state index contributed by atoms with van der Waals surface area (Å²) in [5.74, 6) is -4.89. The van der Waals surface area contributed by atoms with Crippen LogP contribution in [0.3, 0.4) is 0 Å². The molecule has 1 aliphatic heterocycles. The molecule has 4 rings (SSSR count). The summed E-state index contributed by atoms with van der Waals surface area (Å²) in [4.78, 5) is 0. The third-order valence-electron chi connectivity index (χ3n) is 6.48. The molecular formula is C29H28F4O2. The van der Waals surface area contributed by atoms with E-state index in [4.69, 9.17) is 9.47 Å². The molecule has 0 spiro atoms. The highest BCUT2D eigenvalue weighted by Gasteiger charge is 2.24. The van der Waals surface area contributed by atoms with Gasteiger partial charge in [0.05, 0.1) is 19.3 Å². The van der Waals surface area contributed by atoms with Crippen LogP contribution in [0.15, 0.2) is 61.2 Å². The molecule has 1 aliphatic rings. The molecule has 0 aromatic heterocycles. The lowest BCUT2D eigenvalue weighted by Gasteiger charge is -2.29. The van der Waals surface area contributed by atoms with E-state index in [1.807, 2.05) is 18.2 Å². The van der Waals surface area contributed by atoms with Crippen LogP contribution in [0.5, 0.6) is 5.75 Å². The molecule has 184 valence electrons. The van der Waals surface area contributed by atoms with Gasteiger partial charge in [-0.15, -0.1) is 6.58 Å². The normalized spacial score (nSPS) is 17.9. The first kappa shape index (κ1) is 25.0. The lowest BCUT2D eigenvalue weighted by molar-refractivity contribution is -0.000171. The van der Waals surface area contributed by atoms with Crippen LogP contribution >= 0.6 is 0 Å². The summed E-state index contributed by atoms with van der Waals surface area (Å²) in [5, 5.41) is 0. The lowest BCUT2D eigenvalue weighted by atomic mass is 9.89. The maximum absolute atomic E-state index is 15.0. The van der Waals surface area contributed by atoms with Crippen LogP contribution in [0.2, 0.25) is 0 Å². The van der Waals surface area contributed by atoms with Gasteiger partial charge in [-0.25, -0.2) is 13.2 Å². The van der Waals surface area contributed by atoms with E-state index in [0.717, 1.165) is 31.2 Å². The number of benzene rings is 3. The van der Waals surface area contributed by atoms with Crippen molar-refractivity contribution in [2.45, 2.75) is 44.6 Å². The molecule has 3 aromatic rings. The Kier molecular flexibility index (Phi) is 7.91. The van der Waals surface area contributed by atoms with E-state index in [-0.39, 0.29) is 41.1 Å². The highest BCUT2D eigenvalue weighted by Crippen LogP contribution is 2.36. The Balaban J connectivity index is 1.54. The van der Waals surface area contributed by atoms with Crippen molar-refractivity contribution < 1.29 is 27.0 Å². The molecule has 1 heterocycles. The summed E-state index contributed by atoms with van der Waals surface area (Å²) < 4.78 is 69.8. The number of halogens is 4. The third kappa shape index (κ3) is 5.27. The van der Waals surface area contributed by atoms with Crippen molar-refractivity contribution in [2.24, 2.45) is 0 Å². The van der Waals surface area contributed by atoms with Crippen LogP contribution < -0.4 is 4.74 Å². The van der Waals surface area contributed by atoms with Gasteiger partial charge in [0.2, 0.25) is 5.82 Å². The average molecular weight is 485 g/mol. The number of allylic oxidation sites excluding steroid dienone is 1. The van der Waals surface area contributed by atoms with E-state index in [0.29, 0.717) is 12.2 Å². The predicted octanol–water partition coefficient (Wildman–Crippen LogP) is 8.20. The highest BCUT2D eigenvalue weighted by molar-refractivity contribution is 5.72. The van der Waals surface area contributed by atoms with Gasteiger partial charge in [-0.3, -0.25) is 0 Å². The zero-order chi connectivity index (χ0) is 24.9. The van der Waals surface area contributed by atoms with Gasteiger partial charge >= 0.3 is 0 Å². The molecule has 2 nitrogen and oxygen atoms in total. The van der Waals surface area contributed by atoms with Gasteiger partial charge in [-0.1, -0.05) is 42.5 Å².